The van der Waals surface area contributed by atoms with Crippen molar-refractivity contribution in [3.8, 4) is 6.01 Å². The Labute approximate surface area is 177 Å². The summed E-state index contributed by atoms with van der Waals surface area (Å²) in [5, 5.41) is 0. The molecule has 0 fully saturated rings. The first-order valence-corrected chi connectivity index (χ1v) is 10.2. The number of ether oxygens (including phenoxy) is 1. The quantitative estimate of drug-likeness (QED) is 0.417. The number of oxazole rings is 1. The largest absolute Gasteiger partial charge is 0.455 e. The lowest BCUT2D eigenvalue weighted by Crippen LogP contribution is -2.15. The molecule has 0 aliphatic heterocycles. The molecule has 30 heavy (non-hydrogen) atoms. The Balaban J connectivity index is 1.68. The average Bonchev–Trinajstić information content (AvgIpc) is 3.08. The lowest BCUT2D eigenvalue weighted by atomic mass is 9.86. The van der Waals surface area contributed by atoms with E-state index in [9.17, 15) is 0 Å². The van der Waals surface area contributed by atoms with Gasteiger partial charge in [0.25, 0.3) is 0 Å². The summed E-state index contributed by atoms with van der Waals surface area (Å²) in [6.45, 7) is 10.5. The van der Waals surface area contributed by atoms with E-state index in [1.165, 1.54) is 5.56 Å². The molecule has 2 heterocycles. The van der Waals surface area contributed by atoms with Crippen molar-refractivity contribution in [3.63, 3.8) is 0 Å². The first kappa shape index (κ1) is 20.1. The number of hydrogen-bond acceptors (Lipinski definition) is 5. The second kappa shape index (κ2) is 7.90. The standard InChI is InChI=1S/C25H27N3O2/c1-16-14-17(2)27-24(26-16)30-22(18-10-12-19(13-11-18)25(3,4)5)15-23-28-20-8-6-7-9-21(20)29-23/h6-14,22H,15H2,1-5H3. The number of hydrogen-bond donors (Lipinski definition) is 0. The fourth-order valence-electron chi connectivity index (χ4n) is 3.46. The molecule has 0 N–H and O–H groups in total. The number of nitrogens with zero attached hydrogens (tertiary/aromatic N) is 3. The van der Waals surface area contributed by atoms with Gasteiger partial charge in [0.15, 0.2) is 11.5 Å². The van der Waals surface area contributed by atoms with Gasteiger partial charge in [0, 0.05) is 11.4 Å². The van der Waals surface area contributed by atoms with Crippen LogP contribution in [-0.4, -0.2) is 15.0 Å². The van der Waals surface area contributed by atoms with Gasteiger partial charge in [-0.05, 0) is 48.6 Å². The Morgan fingerprint density at radius 3 is 2.20 bits per heavy atom. The van der Waals surface area contributed by atoms with Crippen molar-refractivity contribution < 1.29 is 9.15 Å². The fraction of sp³-hybridized carbons (Fsp3) is 0.320. The molecule has 5 nitrogen and oxygen atoms in total. The maximum absolute atomic E-state index is 6.27. The predicted molar refractivity (Wildman–Crippen MR) is 118 cm³/mol. The van der Waals surface area contributed by atoms with Crippen molar-refractivity contribution in [2.45, 2.75) is 52.6 Å². The van der Waals surface area contributed by atoms with Crippen molar-refractivity contribution >= 4 is 11.1 Å². The minimum Gasteiger partial charge on any atom is -0.455 e. The van der Waals surface area contributed by atoms with E-state index >= 15 is 0 Å². The maximum Gasteiger partial charge on any atom is 0.317 e. The second-order valence-electron chi connectivity index (χ2n) is 8.69. The summed E-state index contributed by atoms with van der Waals surface area (Å²) < 4.78 is 12.2. The second-order valence-corrected chi connectivity index (χ2v) is 8.69. The minimum absolute atomic E-state index is 0.0892. The Bertz CT molecular complexity index is 1100. The summed E-state index contributed by atoms with van der Waals surface area (Å²) in [6.07, 6.45) is 0.174. The Kier molecular flexibility index (Phi) is 5.29. The van der Waals surface area contributed by atoms with Gasteiger partial charge in [-0.3, -0.25) is 0 Å². The number of aromatic nitrogens is 3. The summed E-state index contributed by atoms with van der Waals surface area (Å²) in [7, 11) is 0. The van der Waals surface area contributed by atoms with Gasteiger partial charge in [0.1, 0.15) is 11.6 Å². The van der Waals surface area contributed by atoms with E-state index in [2.05, 4.69) is 60.0 Å². The van der Waals surface area contributed by atoms with Crippen molar-refractivity contribution in [1.82, 2.24) is 15.0 Å². The number of aryl methyl sites for hydroxylation is 2. The van der Waals surface area contributed by atoms with Gasteiger partial charge in [-0.15, -0.1) is 0 Å². The molecule has 5 heteroatoms. The third-order valence-corrected chi connectivity index (χ3v) is 5.06. The topological polar surface area (TPSA) is 61.0 Å². The summed E-state index contributed by atoms with van der Waals surface area (Å²) in [4.78, 5) is 13.5. The smallest absolute Gasteiger partial charge is 0.317 e. The molecule has 0 bridgehead atoms. The van der Waals surface area contributed by atoms with Crippen LogP contribution in [0, 0.1) is 13.8 Å². The van der Waals surface area contributed by atoms with Crippen LogP contribution in [0.25, 0.3) is 11.1 Å². The van der Waals surface area contributed by atoms with E-state index in [4.69, 9.17) is 9.15 Å². The molecule has 1 atom stereocenters. The van der Waals surface area contributed by atoms with Crippen molar-refractivity contribution in [2.24, 2.45) is 0 Å². The normalized spacial score (nSPS) is 12.8. The molecule has 0 aliphatic rings. The van der Waals surface area contributed by atoms with Crippen LogP contribution in [0.5, 0.6) is 6.01 Å². The van der Waals surface area contributed by atoms with Crippen LogP contribution >= 0.6 is 0 Å². The highest BCUT2D eigenvalue weighted by Gasteiger charge is 2.21. The van der Waals surface area contributed by atoms with E-state index < -0.39 is 0 Å². The molecule has 4 aromatic rings. The average molecular weight is 402 g/mol. The first-order valence-electron chi connectivity index (χ1n) is 10.2. The van der Waals surface area contributed by atoms with Crippen molar-refractivity contribution in [3.05, 3.63) is 83.0 Å². The fourth-order valence-corrected chi connectivity index (χ4v) is 3.46. The Morgan fingerprint density at radius 2 is 1.57 bits per heavy atom. The van der Waals surface area contributed by atoms with Gasteiger partial charge in [0.2, 0.25) is 0 Å². The van der Waals surface area contributed by atoms with E-state index in [1.807, 2.05) is 44.2 Å². The van der Waals surface area contributed by atoms with Gasteiger partial charge >= 0.3 is 6.01 Å². The molecule has 0 radical (unpaired) electrons. The van der Waals surface area contributed by atoms with E-state index in [-0.39, 0.29) is 11.5 Å². The lowest BCUT2D eigenvalue weighted by molar-refractivity contribution is 0.178. The summed E-state index contributed by atoms with van der Waals surface area (Å²) in [5.74, 6) is 0.630. The molecule has 0 spiro atoms. The third kappa shape index (κ3) is 4.51. The number of rotatable bonds is 5. The highest BCUT2D eigenvalue weighted by molar-refractivity contribution is 5.72. The highest BCUT2D eigenvalue weighted by atomic mass is 16.5. The molecular weight excluding hydrogens is 374 g/mol. The molecule has 1 unspecified atom stereocenters. The molecule has 154 valence electrons. The maximum atomic E-state index is 6.27. The van der Waals surface area contributed by atoms with Crippen LogP contribution in [-0.2, 0) is 11.8 Å². The first-order chi connectivity index (χ1) is 14.3. The van der Waals surface area contributed by atoms with Gasteiger partial charge in [0.05, 0.1) is 6.42 Å². The van der Waals surface area contributed by atoms with Gasteiger partial charge in [-0.1, -0.05) is 57.2 Å². The number of fused-ring (bicyclic) bond motifs is 1. The van der Waals surface area contributed by atoms with Crippen molar-refractivity contribution in [1.29, 1.82) is 0 Å². The molecule has 0 saturated carbocycles. The van der Waals surface area contributed by atoms with Gasteiger partial charge in [-0.2, -0.15) is 0 Å². The molecular formula is C25H27N3O2. The van der Waals surface area contributed by atoms with Crippen LogP contribution in [0.15, 0.2) is 59.0 Å². The Hall–Kier alpha value is -3.21. The lowest BCUT2D eigenvalue weighted by Gasteiger charge is -2.21. The zero-order valence-corrected chi connectivity index (χ0v) is 18.1. The van der Waals surface area contributed by atoms with Crippen molar-refractivity contribution in [2.75, 3.05) is 0 Å². The molecule has 0 aliphatic carbocycles. The predicted octanol–water partition coefficient (Wildman–Crippen LogP) is 5.89. The zero-order chi connectivity index (χ0) is 21.3. The molecule has 4 rings (SSSR count). The number of benzene rings is 2. The zero-order valence-electron chi connectivity index (χ0n) is 18.1. The molecule has 2 aromatic heterocycles. The van der Waals surface area contributed by atoms with E-state index in [1.54, 1.807) is 0 Å². The van der Waals surface area contributed by atoms with E-state index in [0.29, 0.717) is 18.3 Å². The Morgan fingerprint density at radius 1 is 0.900 bits per heavy atom. The summed E-state index contributed by atoms with van der Waals surface area (Å²) >= 11 is 0. The van der Waals surface area contributed by atoms with Crippen LogP contribution < -0.4 is 4.74 Å². The minimum atomic E-state index is -0.312. The van der Waals surface area contributed by atoms with Gasteiger partial charge in [-0.25, -0.2) is 15.0 Å². The molecule has 0 saturated heterocycles. The van der Waals surface area contributed by atoms with E-state index in [0.717, 1.165) is 28.1 Å². The van der Waals surface area contributed by atoms with Crippen LogP contribution in [0.2, 0.25) is 0 Å². The third-order valence-electron chi connectivity index (χ3n) is 5.06. The SMILES string of the molecule is Cc1cc(C)nc(OC(Cc2nc3ccccc3o2)c2ccc(C(C)(C)C)cc2)n1. The molecule has 2 aromatic carbocycles. The highest BCUT2D eigenvalue weighted by Crippen LogP contribution is 2.28. The van der Waals surface area contributed by atoms with Gasteiger partial charge < -0.3 is 9.15 Å². The van der Waals surface area contributed by atoms with Crippen LogP contribution in [0.1, 0.15) is 55.3 Å². The van der Waals surface area contributed by atoms with Crippen LogP contribution in [0.4, 0.5) is 0 Å². The summed E-state index contributed by atoms with van der Waals surface area (Å²) in [6, 6.07) is 18.6. The van der Waals surface area contributed by atoms with Crippen LogP contribution in [0.3, 0.4) is 0 Å². The monoisotopic (exact) mass is 401 g/mol. The molecule has 0 amide bonds. The number of para-hydroxylation sites is 2. The summed E-state index contributed by atoms with van der Waals surface area (Å²) in [5.41, 5.74) is 5.77.